The van der Waals surface area contributed by atoms with Crippen LogP contribution in [0.25, 0.3) is 0 Å². The standard InChI is InChI=1S/C9H12N4O5S/c1-11-8(14)5-12-19(17,18)7-4-2-3-6(10)9(7)13(15)16/h2-4,12H,5,10H2,1H3,(H,11,14). The highest BCUT2D eigenvalue weighted by Crippen LogP contribution is 2.29. The molecular formula is C9H12N4O5S. The van der Waals surface area contributed by atoms with Crippen LogP contribution in [0.1, 0.15) is 0 Å². The fourth-order valence-electron chi connectivity index (χ4n) is 1.28. The first-order chi connectivity index (χ1) is 8.79. The van der Waals surface area contributed by atoms with Crippen LogP contribution in [-0.4, -0.2) is 32.8 Å². The molecule has 0 aliphatic rings. The van der Waals surface area contributed by atoms with Crippen LogP contribution in [0.2, 0.25) is 0 Å². The lowest BCUT2D eigenvalue weighted by molar-refractivity contribution is -0.386. The molecule has 104 valence electrons. The van der Waals surface area contributed by atoms with E-state index in [2.05, 4.69) is 5.32 Å². The summed E-state index contributed by atoms with van der Waals surface area (Å²) in [6.45, 7) is -0.523. The molecule has 1 amide bonds. The Balaban J connectivity index is 3.19. The molecule has 10 heteroatoms. The molecule has 0 saturated heterocycles. The van der Waals surface area contributed by atoms with Gasteiger partial charge in [0.1, 0.15) is 5.69 Å². The van der Waals surface area contributed by atoms with E-state index >= 15 is 0 Å². The molecule has 0 spiro atoms. The minimum atomic E-state index is -4.20. The summed E-state index contributed by atoms with van der Waals surface area (Å²) >= 11 is 0. The van der Waals surface area contributed by atoms with Gasteiger partial charge in [0.25, 0.3) is 0 Å². The van der Waals surface area contributed by atoms with Crippen LogP contribution in [-0.2, 0) is 14.8 Å². The van der Waals surface area contributed by atoms with E-state index in [0.717, 1.165) is 6.07 Å². The molecule has 1 rings (SSSR count). The van der Waals surface area contributed by atoms with E-state index in [1.54, 1.807) is 0 Å². The maximum Gasteiger partial charge on any atom is 0.312 e. The molecule has 0 aliphatic heterocycles. The van der Waals surface area contributed by atoms with E-state index in [1.165, 1.54) is 19.2 Å². The molecule has 9 nitrogen and oxygen atoms in total. The zero-order valence-electron chi connectivity index (χ0n) is 9.91. The van der Waals surface area contributed by atoms with Crippen molar-refractivity contribution in [3.05, 3.63) is 28.3 Å². The summed E-state index contributed by atoms with van der Waals surface area (Å²) in [5, 5.41) is 13.1. The Morgan fingerprint density at radius 3 is 2.63 bits per heavy atom. The number of nitrogens with zero attached hydrogens (tertiary/aromatic N) is 1. The first-order valence-corrected chi connectivity index (χ1v) is 6.51. The van der Waals surface area contributed by atoms with Crippen molar-refractivity contribution in [2.24, 2.45) is 0 Å². The number of benzene rings is 1. The van der Waals surface area contributed by atoms with Crippen LogP contribution in [0, 0.1) is 10.1 Å². The van der Waals surface area contributed by atoms with Crippen LogP contribution in [0.3, 0.4) is 0 Å². The number of likely N-dealkylation sites (N-methyl/N-ethyl adjacent to an activating group) is 1. The van der Waals surface area contributed by atoms with Gasteiger partial charge in [0.15, 0.2) is 4.90 Å². The summed E-state index contributed by atoms with van der Waals surface area (Å²) in [6.07, 6.45) is 0. The Morgan fingerprint density at radius 2 is 2.11 bits per heavy atom. The topological polar surface area (TPSA) is 144 Å². The predicted octanol–water partition coefficient (Wildman–Crippen LogP) is -0.799. The average Bonchev–Trinajstić information content (AvgIpc) is 2.35. The highest BCUT2D eigenvalue weighted by molar-refractivity contribution is 7.89. The summed E-state index contributed by atoms with van der Waals surface area (Å²) in [6, 6.07) is 3.54. The number of nitro benzene ring substituents is 1. The Bertz CT molecular complexity index is 613. The number of para-hydroxylation sites is 1. The SMILES string of the molecule is CNC(=O)CNS(=O)(=O)c1cccc(N)c1[N+](=O)[O-]. The molecule has 0 fully saturated rings. The summed E-state index contributed by atoms with van der Waals surface area (Å²) < 4.78 is 25.7. The second-order valence-corrected chi connectivity index (χ2v) is 5.18. The van der Waals surface area contributed by atoms with Crippen molar-refractivity contribution in [2.45, 2.75) is 4.90 Å². The fraction of sp³-hybridized carbons (Fsp3) is 0.222. The molecule has 0 bridgehead atoms. The van der Waals surface area contributed by atoms with Gasteiger partial charge in [-0.3, -0.25) is 14.9 Å². The van der Waals surface area contributed by atoms with Gasteiger partial charge in [-0.15, -0.1) is 0 Å². The number of nitrogens with two attached hydrogens (primary N) is 1. The number of amides is 1. The van der Waals surface area contributed by atoms with Gasteiger partial charge in [0.05, 0.1) is 11.5 Å². The molecular weight excluding hydrogens is 276 g/mol. The summed E-state index contributed by atoms with van der Waals surface area (Å²) in [7, 11) is -2.86. The van der Waals surface area contributed by atoms with Gasteiger partial charge in [-0.1, -0.05) is 6.07 Å². The molecule has 1 aromatic carbocycles. The van der Waals surface area contributed by atoms with Gasteiger partial charge in [0, 0.05) is 7.05 Å². The number of hydrogen-bond donors (Lipinski definition) is 3. The second kappa shape index (κ2) is 5.63. The molecule has 0 atom stereocenters. The van der Waals surface area contributed by atoms with Crippen LogP contribution in [0.4, 0.5) is 11.4 Å². The predicted molar refractivity (Wildman–Crippen MR) is 66.8 cm³/mol. The van der Waals surface area contributed by atoms with Crippen LogP contribution >= 0.6 is 0 Å². The summed E-state index contributed by atoms with van der Waals surface area (Å²) in [4.78, 5) is 20.3. The van der Waals surface area contributed by atoms with Crippen LogP contribution in [0.15, 0.2) is 23.1 Å². The molecule has 19 heavy (non-hydrogen) atoms. The molecule has 0 heterocycles. The zero-order chi connectivity index (χ0) is 14.6. The van der Waals surface area contributed by atoms with E-state index in [0.29, 0.717) is 0 Å². The maximum absolute atomic E-state index is 11.9. The first-order valence-electron chi connectivity index (χ1n) is 5.02. The summed E-state index contributed by atoms with van der Waals surface area (Å²) in [5.41, 5.74) is 4.40. The zero-order valence-corrected chi connectivity index (χ0v) is 10.7. The largest absolute Gasteiger partial charge is 0.393 e. The number of rotatable bonds is 5. The van der Waals surface area contributed by atoms with Crippen molar-refractivity contribution < 1.29 is 18.1 Å². The number of anilines is 1. The number of carbonyl (C=O) groups is 1. The smallest absolute Gasteiger partial charge is 0.312 e. The van der Waals surface area contributed by atoms with Gasteiger partial charge in [-0.25, -0.2) is 13.1 Å². The third-order valence-electron chi connectivity index (χ3n) is 2.20. The number of sulfonamides is 1. The van der Waals surface area contributed by atoms with Gasteiger partial charge >= 0.3 is 5.69 Å². The van der Waals surface area contributed by atoms with Crippen LogP contribution in [0.5, 0.6) is 0 Å². The van der Waals surface area contributed by atoms with Crippen LogP contribution < -0.4 is 15.8 Å². The van der Waals surface area contributed by atoms with Crippen molar-refractivity contribution in [3.63, 3.8) is 0 Å². The van der Waals surface area contributed by atoms with E-state index in [-0.39, 0.29) is 5.69 Å². The Morgan fingerprint density at radius 1 is 1.47 bits per heavy atom. The number of hydrogen-bond acceptors (Lipinski definition) is 6. The minimum Gasteiger partial charge on any atom is -0.393 e. The van der Waals surface area contributed by atoms with E-state index in [1.807, 2.05) is 4.72 Å². The Labute approximate surface area is 109 Å². The lowest BCUT2D eigenvalue weighted by Gasteiger charge is -2.07. The van der Waals surface area contributed by atoms with E-state index in [9.17, 15) is 23.3 Å². The quantitative estimate of drug-likeness (QED) is 0.367. The van der Waals surface area contributed by atoms with Crippen molar-refractivity contribution in [3.8, 4) is 0 Å². The molecule has 0 radical (unpaired) electrons. The maximum atomic E-state index is 11.9. The van der Waals surface area contributed by atoms with Gasteiger partial charge in [-0.2, -0.15) is 0 Å². The second-order valence-electron chi connectivity index (χ2n) is 3.45. The van der Waals surface area contributed by atoms with Gasteiger partial charge in [0.2, 0.25) is 15.9 Å². The fourth-order valence-corrected chi connectivity index (χ4v) is 2.46. The van der Waals surface area contributed by atoms with Crippen molar-refractivity contribution in [1.82, 2.24) is 10.0 Å². The van der Waals surface area contributed by atoms with Crippen molar-refractivity contribution in [1.29, 1.82) is 0 Å². The Kier molecular flexibility index (Phi) is 4.40. The van der Waals surface area contributed by atoms with E-state index in [4.69, 9.17) is 5.73 Å². The highest BCUT2D eigenvalue weighted by Gasteiger charge is 2.28. The third-order valence-corrected chi connectivity index (χ3v) is 3.64. The molecule has 0 unspecified atom stereocenters. The van der Waals surface area contributed by atoms with Gasteiger partial charge < -0.3 is 11.1 Å². The highest BCUT2D eigenvalue weighted by atomic mass is 32.2. The Hall–Kier alpha value is -2.20. The molecule has 0 aliphatic carbocycles. The number of nitrogens with one attached hydrogen (secondary N) is 2. The lowest BCUT2D eigenvalue weighted by atomic mass is 10.3. The normalized spacial score (nSPS) is 11.0. The number of nitrogen functional groups attached to an aromatic ring is 1. The monoisotopic (exact) mass is 288 g/mol. The minimum absolute atomic E-state index is 0.271. The number of nitro groups is 1. The molecule has 4 N–H and O–H groups in total. The third kappa shape index (κ3) is 3.39. The molecule has 1 aromatic rings. The van der Waals surface area contributed by atoms with E-state index < -0.39 is 38.0 Å². The molecule has 0 saturated carbocycles. The van der Waals surface area contributed by atoms with Crippen molar-refractivity contribution >= 4 is 27.3 Å². The average molecular weight is 288 g/mol. The lowest BCUT2D eigenvalue weighted by Crippen LogP contribution is -2.35. The molecule has 0 aromatic heterocycles. The van der Waals surface area contributed by atoms with Crippen molar-refractivity contribution in [2.75, 3.05) is 19.3 Å². The first kappa shape index (κ1) is 14.9. The summed E-state index contributed by atoms with van der Waals surface area (Å²) in [5.74, 6) is -0.574. The number of carbonyl (C=O) groups excluding carboxylic acids is 1. The van der Waals surface area contributed by atoms with Gasteiger partial charge in [-0.05, 0) is 12.1 Å².